The molecule has 3 atom stereocenters. The molecule has 6 heteroatoms. The number of methoxy groups -OCH3 is 3. The zero-order chi connectivity index (χ0) is 16.6. The van der Waals surface area contributed by atoms with Crippen LogP contribution in [0.5, 0.6) is 0 Å². The van der Waals surface area contributed by atoms with Crippen LogP contribution in [0.15, 0.2) is 29.8 Å². The number of hydrogen-bond donors (Lipinski definition) is 1. The van der Waals surface area contributed by atoms with Gasteiger partial charge in [0.25, 0.3) is 0 Å². The molecule has 0 radical (unpaired) electrons. The average Bonchev–Trinajstić information content (AvgIpc) is 2.87. The molecule has 0 saturated carbocycles. The van der Waals surface area contributed by atoms with Crippen molar-refractivity contribution in [1.82, 2.24) is 5.32 Å². The molecule has 1 aromatic rings. The van der Waals surface area contributed by atoms with Gasteiger partial charge in [0.15, 0.2) is 5.72 Å². The lowest BCUT2D eigenvalue weighted by Gasteiger charge is -2.38. The van der Waals surface area contributed by atoms with Crippen molar-refractivity contribution < 1.29 is 23.4 Å². The summed E-state index contributed by atoms with van der Waals surface area (Å²) in [6.07, 6.45) is 0.829. The van der Waals surface area contributed by atoms with Crippen LogP contribution in [-0.4, -0.2) is 45.2 Å². The van der Waals surface area contributed by atoms with Crippen LogP contribution >= 0.6 is 0 Å². The molecule has 1 aromatic carbocycles. The Balaban J connectivity index is 2.25. The Morgan fingerprint density at radius 3 is 2.65 bits per heavy atom. The number of esters is 1. The third kappa shape index (κ3) is 2.38. The SMILES string of the molecule is COC(=O)C1=C(c2ccccc2F)CC2CC(OC)C1(OC)N2. The van der Waals surface area contributed by atoms with E-state index in [1.54, 1.807) is 25.3 Å². The Morgan fingerprint density at radius 2 is 2.04 bits per heavy atom. The second-order valence-electron chi connectivity index (χ2n) is 5.77. The van der Waals surface area contributed by atoms with Crippen molar-refractivity contribution in [3.05, 3.63) is 41.2 Å². The van der Waals surface area contributed by atoms with Crippen LogP contribution in [0.25, 0.3) is 5.57 Å². The first-order chi connectivity index (χ1) is 11.1. The topological polar surface area (TPSA) is 56.8 Å². The minimum Gasteiger partial charge on any atom is -0.466 e. The van der Waals surface area contributed by atoms with Gasteiger partial charge in [-0.3, -0.25) is 5.32 Å². The van der Waals surface area contributed by atoms with Crippen molar-refractivity contribution in [3.63, 3.8) is 0 Å². The zero-order valence-corrected chi connectivity index (χ0v) is 13.4. The van der Waals surface area contributed by atoms with Gasteiger partial charge in [0.1, 0.15) is 11.9 Å². The summed E-state index contributed by atoms with van der Waals surface area (Å²) in [6, 6.07) is 6.47. The summed E-state index contributed by atoms with van der Waals surface area (Å²) in [4.78, 5) is 12.5. The molecule has 1 N–H and O–H groups in total. The number of nitrogens with one attached hydrogen (secondary N) is 1. The monoisotopic (exact) mass is 321 g/mol. The molecule has 124 valence electrons. The van der Waals surface area contributed by atoms with Crippen molar-refractivity contribution in [2.75, 3.05) is 21.3 Å². The predicted molar refractivity (Wildman–Crippen MR) is 82.0 cm³/mol. The molecule has 1 saturated heterocycles. The van der Waals surface area contributed by atoms with Crippen molar-refractivity contribution in [1.29, 1.82) is 0 Å². The Morgan fingerprint density at radius 1 is 1.30 bits per heavy atom. The smallest absolute Gasteiger partial charge is 0.338 e. The van der Waals surface area contributed by atoms with Gasteiger partial charge in [-0.1, -0.05) is 18.2 Å². The first-order valence-corrected chi connectivity index (χ1v) is 7.49. The third-order valence-electron chi connectivity index (χ3n) is 4.69. The molecule has 2 aliphatic rings. The van der Waals surface area contributed by atoms with Crippen molar-refractivity contribution >= 4 is 11.5 Å². The van der Waals surface area contributed by atoms with E-state index >= 15 is 0 Å². The molecule has 1 fully saturated rings. The van der Waals surface area contributed by atoms with Crippen LogP contribution in [0.3, 0.4) is 0 Å². The zero-order valence-electron chi connectivity index (χ0n) is 13.4. The van der Waals surface area contributed by atoms with Crippen LogP contribution < -0.4 is 5.32 Å². The lowest BCUT2D eigenvalue weighted by Crippen LogP contribution is -2.57. The molecule has 5 nitrogen and oxygen atoms in total. The maximum atomic E-state index is 14.3. The summed E-state index contributed by atoms with van der Waals surface area (Å²) in [5.41, 5.74) is 0.174. The van der Waals surface area contributed by atoms with E-state index in [0.29, 0.717) is 24.0 Å². The van der Waals surface area contributed by atoms with Crippen LogP contribution in [0.4, 0.5) is 4.39 Å². The second kappa shape index (κ2) is 6.03. The first kappa shape index (κ1) is 16.1. The van der Waals surface area contributed by atoms with Crippen molar-refractivity contribution in [3.8, 4) is 0 Å². The Kier molecular flexibility index (Phi) is 4.23. The first-order valence-electron chi connectivity index (χ1n) is 7.49. The molecule has 0 amide bonds. The lowest BCUT2D eigenvalue weighted by atomic mass is 9.87. The maximum absolute atomic E-state index is 14.3. The third-order valence-corrected chi connectivity index (χ3v) is 4.69. The van der Waals surface area contributed by atoms with E-state index in [4.69, 9.17) is 14.2 Å². The maximum Gasteiger partial charge on any atom is 0.338 e. The van der Waals surface area contributed by atoms with Gasteiger partial charge >= 0.3 is 5.97 Å². The fourth-order valence-corrected chi connectivity index (χ4v) is 3.70. The van der Waals surface area contributed by atoms with Crippen molar-refractivity contribution in [2.24, 2.45) is 0 Å². The van der Waals surface area contributed by atoms with Gasteiger partial charge in [0.05, 0.1) is 12.7 Å². The van der Waals surface area contributed by atoms with E-state index in [0.717, 1.165) is 0 Å². The highest BCUT2D eigenvalue weighted by molar-refractivity contribution is 6.01. The van der Waals surface area contributed by atoms with Gasteiger partial charge in [-0.15, -0.1) is 0 Å². The quantitative estimate of drug-likeness (QED) is 0.858. The summed E-state index contributed by atoms with van der Waals surface area (Å²) in [5, 5.41) is 3.31. The second-order valence-corrected chi connectivity index (χ2v) is 5.77. The number of fused-ring (bicyclic) bond motifs is 2. The number of halogens is 1. The van der Waals surface area contributed by atoms with Gasteiger partial charge in [-0.05, 0) is 24.5 Å². The lowest BCUT2D eigenvalue weighted by molar-refractivity contribution is -0.144. The van der Waals surface area contributed by atoms with Crippen LogP contribution in [0.1, 0.15) is 18.4 Å². The van der Waals surface area contributed by atoms with E-state index < -0.39 is 11.7 Å². The van der Waals surface area contributed by atoms with Gasteiger partial charge in [-0.25, -0.2) is 9.18 Å². The molecule has 2 bridgehead atoms. The molecule has 23 heavy (non-hydrogen) atoms. The molecule has 2 aliphatic heterocycles. The number of rotatable bonds is 4. The standard InChI is InChI=1S/C17H20FNO4/c1-21-14-9-10-8-12(11-6-4-5-7-13(11)18)15(16(20)22-2)17(14,19-10)23-3/h4-7,10,14,19H,8-9H2,1-3H3. The fourth-order valence-electron chi connectivity index (χ4n) is 3.70. The summed E-state index contributed by atoms with van der Waals surface area (Å²) in [6.45, 7) is 0. The Labute approximate surface area is 134 Å². The average molecular weight is 321 g/mol. The molecule has 2 heterocycles. The molecule has 0 spiro atoms. The van der Waals surface area contributed by atoms with Crippen LogP contribution in [-0.2, 0) is 19.0 Å². The van der Waals surface area contributed by atoms with Gasteiger partial charge in [0, 0.05) is 25.8 Å². The number of carbonyl (C=O) groups excluding carboxylic acids is 1. The summed E-state index contributed by atoms with van der Waals surface area (Å²) < 4.78 is 30.5. The Hall–Kier alpha value is -1.76. The molecule has 3 rings (SSSR count). The normalized spacial score (nSPS) is 29.7. The summed E-state index contributed by atoms with van der Waals surface area (Å²) in [5.74, 6) is -0.912. The van der Waals surface area contributed by atoms with Gasteiger partial charge < -0.3 is 14.2 Å². The predicted octanol–water partition coefficient (Wildman–Crippen LogP) is 1.88. The molecular formula is C17H20FNO4. The number of benzene rings is 1. The van der Waals surface area contributed by atoms with Crippen LogP contribution in [0.2, 0.25) is 0 Å². The van der Waals surface area contributed by atoms with Gasteiger partial charge in [-0.2, -0.15) is 0 Å². The van der Waals surface area contributed by atoms with Crippen LogP contribution in [0, 0.1) is 5.82 Å². The minimum atomic E-state index is -1.12. The molecule has 3 unspecified atom stereocenters. The fraction of sp³-hybridized carbons (Fsp3) is 0.471. The highest BCUT2D eigenvalue weighted by Gasteiger charge is 2.57. The largest absolute Gasteiger partial charge is 0.466 e. The number of ether oxygens (including phenoxy) is 3. The molecule has 0 aromatic heterocycles. The van der Waals surface area contributed by atoms with E-state index in [-0.39, 0.29) is 23.5 Å². The highest BCUT2D eigenvalue weighted by Crippen LogP contribution is 2.45. The Bertz CT molecular complexity index is 660. The van der Waals surface area contributed by atoms with E-state index in [1.807, 2.05) is 0 Å². The number of hydrogen-bond acceptors (Lipinski definition) is 5. The highest BCUT2D eigenvalue weighted by atomic mass is 19.1. The molecular weight excluding hydrogens is 301 g/mol. The minimum absolute atomic E-state index is 0.0444. The van der Waals surface area contributed by atoms with Gasteiger partial charge in [0.2, 0.25) is 0 Å². The number of carbonyl (C=O) groups is 1. The molecule has 0 aliphatic carbocycles. The van der Waals surface area contributed by atoms with Crippen molar-refractivity contribution in [2.45, 2.75) is 30.7 Å². The van der Waals surface area contributed by atoms with E-state index in [9.17, 15) is 9.18 Å². The van der Waals surface area contributed by atoms with E-state index in [2.05, 4.69) is 5.32 Å². The van der Waals surface area contributed by atoms with E-state index in [1.165, 1.54) is 20.3 Å². The summed E-state index contributed by atoms with van der Waals surface area (Å²) >= 11 is 0. The summed E-state index contributed by atoms with van der Waals surface area (Å²) in [7, 11) is 4.39.